The van der Waals surface area contributed by atoms with Gasteiger partial charge in [0.25, 0.3) is 10.0 Å². The van der Waals surface area contributed by atoms with E-state index in [-0.39, 0.29) is 16.0 Å². The number of hydrogen-bond acceptors (Lipinski definition) is 4. The number of hydrogen-bond donors (Lipinski definition) is 2. The number of aromatic nitrogens is 1. The molecule has 0 radical (unpaired) electrons. The number of sulfonamides is 1. The molecule has 5 nitrogen and oxygen atoms in total. The molecule has 0 bridgehead atoms. The maximum Gasteiger partial charge on any atom is 0.263 e. The molecule has 2 N–H and O–H groups in total. The van der Waals surface area contributed by atoms with Crippen LogP contribution >= 0.6 is 11.6 Å². The maximum atomic E-state index is 12.5. The first-order valence-corrected chi connectivity index (χ1v) is 9.00. The second-order valence-electron chi connectivity index (χ2n) is 5.66. The van der Waals surface area contributed by atoms with Crippen LogP contribution in [0.5, 0.6) is 0 Å². The predicted molar refractivity (Wildman–Crippen MR) is 91.0 cm³/mol. The van der Waals surface area contributed by atoms with Crippen molar-refractivity contribution in [1.29, 1.82) is 0 Å². The third-order valence-corrected chi connectivity index (χ3v) is 5.18. The Morgan fingerprint density at radius 2 is 1.91 bits per heavy atom. The summed E-state index contributed by atoms with van der Waals surface area (Å²) in [5, 5.41) is 10.5. The molecule has 0 spiro atoms. The van der Waals surface area contributed by atoms with Crippen molar-refractivity contribution >= 4 is 27.3 Å². The number of pyridine rings is 1. The number of anilines is 1. The van der Waals surface area contributed by atoms with E-state index in [1.54, 1.807) is 31.2 Å². The van der Waals surface area contributed by atoms with Crippen LogP contribution in [0.15, 0.2) is 41.4 Å². The number of aryl methyl sites for hydroxylation is 1. The summed E-state index contributed by atoms with van der Waals surface area (Å²) >= 11 is 5.83. The van der Waals surface area contributed by atoms with Crippen LogP contribution in [0.25, 0.3) is 0 Å². The van der Waals surface area contributed by atoms with Gasteiger partial charge in [0.2, 0.25) is 0 Å². The molecule has 0 amide bonds. The summed E-state index contributed by atoms with van der Waals surface area (Å²) in [4.78, 5) is 3.89. The number of nitrogens with zero attached hydrogens (tertiary/aromatic N) is 1. The summed E-state index contributed by atoms with van der Waals surface area (Å²) in [5.41, 5.74) is 1.45. The van der Waals surface area contributed by atoms with Crippen LogP contribution in [0.1, 0.15) is 31.1 Å². The van der Waals surface area contributed by atoms with Gasteiger partial charge in [0.1, 0.15) is 10.0 Å². The lowest BCUT2D eigenvalue weighted by Gasteiger charge is -2.19. The van der Waals surface area contributed by atoms with E-state index < -0.39 is 16.1 Å². The Labute approximate surface area is 141 Å². The predicted octanol–water partition coefficient (Wildman–Crippen LogP) is 3.53. The molecule has 7 heteroatoms. The van der Waals surface area contributed by atoms with E-state index in [4.69, 9.17) is 11.6 Å². The molecule has 0 unspecified atom stereocenters. The summed E-state index contributed by atoms with van der Waals surface area (Å²) in [7, 11) is -3.82. The summed E-state index contributed by atoms with van der Waals surface area (Å²) in [6, 6.07) is 8.24. The van der Waals surface area contributed by atoms with Crippen LogP contribution in [-0.2, 0) is 10.0 Å². The van der Waals surface area contributed by atoms with Crippen molar-refractivity contribution in [3.05, 3.63) is 52.8 Å². The normalized spacial score (nSPS) is 13.1. The molecule has 0 aliphatic heterocycles. The standard InChI is InChI=1S/C16H19ClN2O3S/c1-10(2)15(20)13-6-4-5-7-14(13)19-23(21,22)12-8-11(3)16(17)18-9-12/h4-10,15,19-20H,1-3H3/t15-/m1/s1. The highest BCUT2D eigenvalue weighted by atomic mass is 35.5. The molecular formula is C16H19ClN2O3S. The van der Waals surface area contributed by atoms with Crippen LogP contribution in [0, 0.1) is 12.8 Å². The fraction of sp³-hybridized carbons (Fsp3) is 0.312. The molecule has 1 aromatic carbocycles. The number of aliphatic hydroxyl groups is 1. The number of benzene rings is 1. The third kappa shape index (κ3) is 4.02. The molecule has 1 heterocycles. The molecule has 0 fully saturated rings. The van der Waals surface area contributed by atoms with E-state index in [1.807, 2.05) is 13.8 Å². The Morgan fingerprint density at radius 1 is 1.26 bits per heavy atom. The average Bonchev–Trinajstić information content (AvgIpc) is 2.49. The number of halogens is 1. The van der Waals surface area contributed by atoms with Gasteiger partial charge < -0.3 is 5.11 Å². The lowest BCUT2D eigenvalue weighted by molar-refractivity contribution is 0.127. The Balaban J connectivity index is 2.40. The van der Waals surface area contributed by atoms with Crippen LogP contribution < -0.4 is 4.72 Å². The van der Waals surface area contributed by atoms with E-state index in [0.717, 1.165) is 0 Å². The van der Waals surface area contributed by atoms with Gasteiger partial charge in [-0.15, -0.1) is 0 Å². The molecule has 1 aromatic heterocycles. The zero-order valence-corrected chi connectivity index (χ0v) is 14.7. The molecule has 23 heavy (non-hydrogen) atoms. The van der Waals surface area contributed by atoms with Gasteiger partial charge in [-0.1, -0.05) is 43.6 Å². The average molecular weight is 355 g/mol. The fourth-order valence-corrected chi connectivity index (χ4v) is 3.31. The summed E-state index contributed by atoms with van der Waals surface area (Å²) in [6.07, 6.45) is 0.443. The summed E-state index contributed by atoms with van der Waals surface area (Å²) < 4.78 is 27.6. The molecule has 0 saturated heterocycles. The van der Waals surface area contributed by atoms with E-state index >= 15 is 0 Å². The Kier molecular flexibility index (Phi) is 5.29. The Hall–Kier alpha value is -1.63. The first-order valence-electron chi connectivity index (χ1n) is 7.14. The highest BCUT2D eigenvalue weighted by molar-refractivity contribution is 7.92. The molecule has 124 valence electrons. The largest absolute Gasteiger partial charge is 0.388 e. The summed E-state index contributed by atoms with van der Waals surface area (Å²) in [5.74, 6) is -0.0416. The first kappa shape index (κ1) is 17.7. The minimum absolute atomic E-state index is 0.0215. The SMILES string of the molecule is Cc1cc(S(=O)(=O)Nc2ccccc2[C@H](O)C(C)C)cnc1Cl. The van der Waals surface area contributed by atoms with Crippen molar-refractivity contribution in [3.63, 3.8) is 0 Å². The van der Waals surface area contributed by atoms with Gasteiger partial charge in [0, 0.05) is 11.8 Å². The van der Waals surface area contributed by atoms with Gasteiger partial charge >= 0.3 is 0 Å². The van der Waals surface area contributed by atoms with Gasteiger partial charge in [0.05, 0.1) is 11.8 Å². The molecular weight excluding hydrogens is 336 g/mol. The van der Waals surface area contributed by atoms with Gasteiger partial charge in [-0.3, -0.25) is 4.72 Å². The highest BCUT2D eigenvalue weighted by Gasteiger charge is 2.21. The smallest absolute Gasteiger partial charge is 0.263 e. The molecule has 0 saturated carbocycles. The van der Waals surface area contributed by atoms with Crippen LogP contribution in [0.2, 0.25) is 5.15 Å². The van der Waals surface area contributed by atoms with Crippen molar-refractivity contribution in [2.75, 3.05) is 4.72 Å². The fourth-order valence-electron chi connectivity index (χ4n) is 2.09. The maximum absolute atomic E-state index is 12.5. The monoisotopic (exact) mass is 354 g/mol. The van der Waals surface area contributed by atoms with Gasteiger partial charge in [-0.05, 0) is 30.5 Å². The second-order valence-corrected chi connectivity index (χ2v) is 7.70. The van der Waals surface area contributed by atoms with Gasteiger partial charge in [0.15, 0.2) is 0 Å². The van der Waals surface area contributed by atoms with E-state index in [1.165, 1.54) is 12.3 Å². The van der Waals surface area contributed by atoms with Crippen molar-refractivity contribution in [1.82, 2.24) is 4.98 Å². The minimum atomic E-state index is -3.82. The lowest BCUT2D eigenvalue weighted by atomic mass is 9.98. The molecule has 1 atom stereocenters. The van der Waals surface area contributed by atoms with E-state index in [0.29, 0.717) is 16.8 Å². The van der Waals surface area contributed by atoms with E-state index in [2.05, 4.69) is 9.71 Å². The van der Waals surface area contributed by atoms with Crippen molar-refractivity contribution < 1.29 is 13.5 Å². The highest BCUT2D eigenvalue weighted by Crippen LogP contribution is 2.29. The van der Waals surface area contributed by atoms with Gasteiger partial charge in [-0.25, -0.2) is 13.4 Å². The molecule has 2 aromatic rings. The number of para-hydroxylation sites is 1. The van der Waals surface area contributed by atoms with Crippen molar-refractivity contribution in [3.8, 4) is 0 Å². The molecule has 0 aliphatic rings. The zero-order chi connectivity index (χ0) is 17.2. The minimum Gasteiger partial charge on any atom is -0.388 e. The quantitative estimate of drug-likeness (QED) is 0.805. The van der Waals surface area contributed by atoms with Gasteiger partial charge in [-0.2, -0.15) is 0 Å². The number of rotatable bonds is 5. The zero-order valence-electron chi connectivity index (χ0n) is 13.1. The van der Waals surface area contributed by atoms with E-state index in [9.17, 15) is 13.5 Å². The van der Waals surface area contributed by atoms with Crippen LogP contribution in [0.3, 0.4) is 0 Å². The van der Waals surface area contributed by atoms with Crippen molar-refractivity contribution in [2.24, 2.45) is 5.92 Å². The Morgan fingerprint density at radius 3 is 2.52 bits per heavy atom. The molecule has 2 rings (SSSR count). The number of nitrogens with one attached hydrogen (secondary N) is 1. The lowest BCUT2D eigenvalue weighted by Crippen LogP contribution is -2.16. The summed E-state index contributed by atoms with van der Waals surface area (Å²) in [6.45, 7) is 5.41. The van der Waals surface area contributed by atoms with Crippen molar-refractivity contribution in [2.45, 2.75) is 31.8 Å². The second kappa shape index (κ2) is 6.86. The Bertz CT molecular complexity index is 807. The topological polar surface area (TPSA) is 79.3 Å². The third-order valence-electron chi connectivity index (χ3n) is 3.45. The van der Waals surface area contributed by atoms with Crippen LogP contribution in [0.4, 0.5) is 5.69 Å². The number of aliphatic hydroxyl groups excluding tert-OH is 1. The first-order chi connectivity index (χ1) is 10.7. The molecule has 0 aliphatic carbocycles. The van der Waals surface area contributed by atoms with Crippen LogP contribution in [-0.4, -0.2) is 18.5 Å².